The number of ether oxygens (including phenoxy) is 2. The standard InChI is InChI=1S/C29H29FN4O3S/c1-32-12-10-23-24-16-34(29(35)31-20-13-21(36-2)15-22(14-20)37-3)27(18-6-8-19(30)9-7-18)25-5-4-11-33(25)28(24)38-26(23)17-32/h4-9,11,13-15,27H,10,12,16-17H2,1-3H3,(H,31,35). The van der Waals surface area contributed by atoms with Gasteiger partial charge in [0.25, 0.3) is 0 Å². The second-order valence-electron chi connectivity index (χ2n) is 9.69. The van der Waals surface area contributed by atoms with Gasteiger partial charge in [0.15, 0.2) is 0 Å². The molecule has 9 heteroatoms. The fourth-order valence-electron chi connectivity index (χ4n) is 5.42. The van der Waals surface area contributed by atoms with E-state index in [2.05, 4.69) is 28.0 Å². The Balaban J connectivity index is 1.47. The molecule has 2 aromatic heterocycles. The summed E-state index contributed by atoms with van der Waals surface area (Å²) in [6.45, 7) is 2.31. The summed E-state index contributed by atoms with van der Waals surface area (Å²) in [6.07, 6.45) is 3.00. The highest BCUT2D eigenvalue weighted by atomic mass is 32.1. The lowest BCUT2D eigenvalue weighted by molar-refractivity contribution is 0.194. The number of fused-ring (bicyclic) bond motifs is 5. The number of urea groups is 1. The highest BCUT2D eigenvalue weighted by Gasteiger charge is 2.36. The molecular weight excluding hydrogens is 503 g/mol. The number of nitrogens with zero attached hydrogens (tertiary/aromatic N) is 3. The highest BCUT2D eigenvalue weighted by Crippen LogP contribution is 2.43. The van der Waals surface area contributed by atoms with E-state index in [1.807, 2.05) is 17.0 Å². The van der Waals surface area contributed by atoms with E-state index >= 15 is 0 Å². The summed E-state index contributed by atoms with van der Waals surface area (Å²) in [7, 11) is 5.29. The lowest BCUT2D eigenvalue weighted by Crippen LogP contribution is -2.38. The summed E-state index contributed by atoms with van der Waals surface area (Å²) in [4.78, 5) is 19.6. The van der Waals surface area contributed by atoms with Gasteiger partial charge in [-0.25, -0.2) is 9.18 Å². The third kappa shape index (κ3) is 4.31. The smallest absolute Gasteiger partial charge is 0.322 e. The molecule has 6 rings (SSSR count). The number of aromatic nitrogens is 1. The first-order valence-corrected chi connectivity index (χ1v) is 13.3. The lowest BCUT2D eigenvalue weighted by atomic mass is 10.0. The van der Waals surface area contributed by atoms with E-state index in [4.69, 9.17) is 9.47 Å². The molecule has 1 atom stereocenters. The Labute approximate surface area is 225 Å². The molecule has 0 saturated heterocycles. The second kappa shape index (κ2) is 9.81. The van der Waals surface area contributed by atoms with Crippen LogP contribution in [0.15, 0.2) is 60.8 Å². The molecule has 1 unspecified atom stereocenters. The van der Waals surface area contributed by atoms with Crippen molar-refractivity contribution in [1.29, 1.82) is 0 Å². The van der Waals surface area contributed by atoms with Gasteiger partial charge in [0.05, 0.1) is 32.5 Å². The normalized spacial score (nSPS) is 16.7. The first kappa shape index (κ1) is 24.5. The van der Waals surface area contributed by atoms with Gasteiger partial charge in [0.2, 0.25) is 0 Å². The largest absolute Gasteiger partial charge is 0.497 e. The number of nitrogens with one attached hydrogen (secondary N) is 1. The first-order valence-electron chi connectivity index (χ1n) is 12.5. The van der Waals surface area contributed by atoms with Gasteiger partial charge in [-0.1, -0.05) is 12.1 Å². The van der Waals surface area contributed by atoms with Crippen LogP contribution in [0.3, 0.4) is 0 Å². The summed E-state index contributed by atoms with van der Waals surface area (Å²) in [5, 5.41) is 4.22. The van der Waals surface area contributed by atoms with Gasteiger partial charge in [-0.05, 0) is 48.9 Å². The monoisotopic (exact) mass is 532 g/mol. The van der Waals surface area contributed by atoms with Crippen LogP contribution in [-0.4, -0.2) is 48.2 Å². The van der Waals surface area contributed by atoms with E-state index in [-0.39, 0.29) is 11.8 Å². The number of likely N-dealkylation sites (N-methyl/N-ethyl adjacent to an activating group) is 1. The predicted molar refractivity (Wildman–Crippen MR) is 146 cm³/mol. The summed E-state index contributed by atoms with van der Waals surface area (Å²) in [5.74, 6) is 0.852. The van der Waals surface area contributed by atoms with Crippen LogP contribution in [-0.2, 0) is 19.5 Å². The van der Waals surface area contributed by atoms with Crippen molar-refractivity contribution in [2.45, 2.75) is 25.6 Å². The average molecular weight is 533 g/mol. The molecule has 4 aromatic rings. The summed E-state index contributed by atoms with van der Waals surface area (Å²) >= 11 is 1.80. The number of benzene rings is 2. The molecule has 196 valence electrons. The Hall–Kier alpha value is -3.82. The van der Waals surface area contributed by atoms with E-state index in [9.17, 15) is 9.18 Å². The minimum Gasteiger partial charge on any atom is -0.497 e. The number of anilines is 1. The van der Waals surface area contributed by atoms with Crippen LogP contribution >= 0.6 is 11.3 Å². The molecule has 0 fully saturated rings. The van der Waals surface area contributed by atoms with Crippen LogP contribution in [0.25, 0.3) is 5.00 Å². The number of hydrogen-bond donors (Lipinski definition) is 1. The number of thiophene rings is 1. The fourth-order valence-corrected chi connectivity index (χ4v) is 6.87. The zero-order valence-corrected chi connectivity index (χ0v) is 22.3. The van der Waals surface area contributed by atoms with Crippen molar-refractivity contribution in [3.8, 4) is 16.5 Å². The van der Waals surface area contributed by atoms with Crippen molar-refractivity contribution in [2.24, 2.45) is 0 Å². The van der Waals surface area contributed by atoms with Crippen molar-refractivity contribution in [3.05, 3.63) is 93.9 Å². The zero-order chi connectivity index (χ0) is 26.4. The molecule has 0 spiro atoms. The predicted octanol–water partition coefficient (Wildman–Crippen LogP) is 5.82. The van der Waals surface area contributed by atoms with E-state index in [0.29, 0.717) is 23.7 Å². The molecule has 1 N–H and O–H groups in total. The molecule has 2 aromatic carbocycles. The molecule has 0 aliphatic carbocycles. The summed E-state index contributed by atoms with van der Waals surface area (Å²) in [5.41, 5.74) is 4.88. The topological polar surface area (TPSA) is 59.0 Å². The van der Waals surface area contributed by atoms with Crippen molar-refractivity contribution in [1.82, 2.24) is 14.4 Å². The van der Waals surface area contributed by atoms with Gasteiger partial charge in [-0.2, -0.15) is 0 Å². The second-order valence-corrected chi connectivity index (χ2v) is 10.8. The van der Waals surface area contributed by atoms with E-state index in [1.54, 1.807) is 55.9 Å². The van der Waals surface area contributed by atoms with Crippen molar-refractivity contribution in [3.63, 3.8) is 0 Å². The molecule has 0 radical (unpaired) electrons. The van der Waals surface area contributed by atoms with Crippen molar-refractivity contribution >= 4 is 23.1 Å². The van der Waals surface area contributed by atoms with Crippen LogP contribution in [0.4, 0.5) is 14.9 Å². The Morgan fingerprint density at radius 1 is 1.03 bits per heavy atom. The molecule has 0 saturated carbocycles. The van der Waals surface area contributed by atoms with Gasteiger partial charge >= 0.3 is 6.03 Å². The van der Waals surface area contributed by atoms with Crippen LogP contribution in [0.5, 0.6) is 11.5 Å². The van der Waals surface area contributed by atoms with E-state index < -0.39 is 6.04 Å². The molecule has 2 amide bonds. The Morgan fingerprint density at radius 3 is 2.47 bits per heavy atom. The number of hydrogen-bond acceptors (Lipinski definition) is 5. The van der Waals surface area contributed by atoms with Gasteiger partial charge in [0, 0.05) is 53.6 Å². The maximum atomic E-state index is 14.1. The third-order valence-corrected chi connectivity index (χ3v) is 8.56. The lowest BCUT2D eigenvalue weighted by Gasteiger charge is -2.32. The van der Waals surface area contributed by atoms with Gasteiger partial charge in [-0.15, -0.1) is 11.3 Å². The minimum atomic E-state index is -0.417. The van der Waals surface area contributed by atoms with Crippen molar-refractivity contribution < 1.29 is 18.7 Å². The number of amides is 2. The summed E-state index contributed by atoms with van der Waals surface area (Å²) < 4.78 is 26.9. The molecular formula is C29H29FN4O3S. The highest BCUT2D eigenvalue weighted by molar-refractivity contribution is 7.15. The number of carbonyl (C=O) groups is 1. The number of methoxy groups -OCH3 is 2. The molecule has 2 aliphatic heterocycles. The van der Waals surface area contributed by atoms with Gasteiger partial charge in [-0.3, -0.25) is 0 Å². The third-order valence-electron chi connectivity index (χ3n) is 7.30. The number of carbonyl (C=O) groups excluding carboxylic acids is 1. The molecule has 38 heavy (non-hydrogen) atoms. The zero-order valence-electron chi connectivity index (χ0n) is 21.5. The Morgan fingerprint density at radius 2 is 1.76 bits per heavy atom. The SMILES string of the molecule is COc1cc(NC(=O)N2Cc3c(sc4c3CCN(C)C4)-n3cccc3C2c2ccc(F)cc2)cc(OC)c1. The van der Waals surface area contributed by atoms with Crippen molar-refractivity contribution in [2.75, 3.05) is 33.1 Å². The molecule has 0 bridgehead atoms. The number of rotatable bonds is 4. The van der Waals surface area contributed by atoms with Crippen LogP contribution in [0, 0.1) is 5.82 Å². The fraction of sp³-hybridized carbons (Fsp3) is 0.276. The van der Waals surface area contributed by atoms with Gasteiger partial charge < -0.3 is 29.2 Å². The van der Waals surface area contributed by atoms with Gasteiger partial charge in [0.1, 0.15) is 22.3 Å². The molecule has 2 aliphatic rings. The molecule has 7 nitrogen and oxygen atoms in total. The quantitative estimate of drug-likeness (QED) is 0.360. The van der Waals surface area contributed by atoms with Crippen LogP contribution in [0.1, 0.15) is 33.3 Å². The maximum absolute atomic E-state index is 14.1. The van der Waals surface area contributed by atoms with Crippen LogP contribution in [0.2, 0.25) is 0 Å². The first-order chi connectivity index (χ1) is 18.4. The summed E-state index contributed by atoms with van der Waals surface area (Å²) in [6, 6.07) is 15.1. The number of halogens is 1. The minimum absolute atomic E-state index is 0.261. The average Bonchev–Trinajstić information content (AvgIpc) is 3.50. The van der Waals surface area contributed by atoms with Crippen LogP contribution < -0.4 is 14.8 Å². The Kier molecular flexibility index (Phi) is 6.33. The van der Waals surface area contributed by atoms with E-state index in [1.165, 1.54) is 28.1 Å². The molecule has 4 heterocycles. The maximum Gasteiger partial charge on any atom is 0.322 e. The Bertz CT molecular complexity index is 1470. The van der Waals surface area contributed by atoms with E-state index in [0.717, 1.165) is 35.8 Å².